The first kappa shape index (κ1) is 26.0. The van der Waals surface area contributed by atoms with E-state index in [1.807, 2.05) is 16.0 Å². The molecule has 3 aromatic heterocycles. The molecule has 3 aromatic rings. The molecule has 0 bridgehead atoms. The van der Waals surface area contributed by atoms with Crippen molar-refractivity contribution in [2.45, 2.75) is 24.6 Å². The fourth-order valence-electron chi connectivity index (χ4n) is 4.03. The summed E-state index contributed by atoms with van der Waals surface area (Å²) >= 11 is 3.56. The number of aliphatic hydroxyl groups is 1. The van der Waals surface area contributed by atoms with Gasteiger partial charge in [0, 0.05) is 28.2 Å². The molecule has 0 aromatic carbocycles. The first-order valence-electron chi connectivity index (χ1n) is 11.0. The number of aromatic nitrogens is 4. The van der Waals surface area contributed by atoms with Crippen LogP contribution in [0.5, 0.6) is 0 Å². The number of carbonyl (C=O) groups excluding carboxylic acids is 2. The van der Waals surface area contributed by atoms with E-state index in [0.717, 1.165) is 21.3 Å². The molecule has 0 saturated carbocycles. The Bertz CT molecular complexity index is 1480. The quantitative estimate of drug-likeness (QED) is 0.0784. The van der Waals surface area contributed by atoms with E-state index in [1.165, 1.54) is 23.1 Å². The van der Waals surface area contributed by atoms with Crippen LogP contribution in [0.1, 0.15) is 11.5 Å². The number of thioether (sulfide) groups is 1. The molecule has 1 saturated heterocycles. The third kappa shape index (κ3) is 4.70. The fourth-order valence-corrected chi connectivity index (χ4v) is 6.71. The molecule has 14 nitrogen and oxygen atoms in total. The van der Waals surface area contributed by atoms with E-state index >= 15 is 0 Å². The van der Waals surface area contributed by atoms with Gasteiger partial charge in [0.25, 0.3) is 11.8 Å². The lowest BCUT2D eigenvalue weighted by Gasteiger charge is -2.49. The monoisotopic (exact) mass is 583 g/mol. The van der Waals surface area contributed by atoms with E-state index < -0.39 is 42.5 Å². The second-order valence-corrected chi connectivity index (χ2v) is 10.8. The summed E-state index contributed by atoms with van der Waals surface area (Å²) in [6.45, 7) is -1.15. The number of nitrogen functional groups attached to an aromatic ring is 1. The van der Waals surface area contributed by atoms with Crippen molar-refractivity contribution >= 4 is 68.1 Å². The van der Waals surface area contributed by atoms with Crippen LogP contribution < -0.4 is 15.6 Å². The van der Waals surface area contributed by atoms with E-state index in [9.17, 15) is 29.0 Å². The van der Waals surface area contributed by atoms with Crippen LogP contribution in [0.4, 0.5) is 9.52 Å². The number of hydrogen-bond donors (Lipinski definition) is 4. The zero-order chi connectivity index (χ0) is 27.0. The van der Waals surface area contributed by atoms with Gasteiger partial charge in [-0.2, -0.15) is 13.8 Å². The number of imidazole rings is 1. The first-order chi connectivity index (χ1) is 18.3. The average Bonchev–Trinajstić information content (AvgIpc) is 3.60. The lowest BCUT2D eigenvalue weighted by molar-refractivity contribution is -0.687. The minimum atomic E-state index is -1.26. The number of nitrogens with zero attached hydrogens (tertiary/aromatic N) is 6. The molecule has 2 aliphatic heterocycles. The van der Waals surface area contributed by atoms with Crippen molar-refractivity contribution in [2.75, 3.05) is 24.8 Å². The lowest BCUT2D eigenvalue weighted by atomic mass is 10.0. The molecule has 1 fully saturated rings. The molecular formula is C20H20FN8O6S3+. The summed E-state index contributed by atoms with van der Waals surface area (Å²) in [7, 11) is 0. The maximum atomic E-state index is 13.0. The normalized spacial score (nSPS) is 19.5. The van der Waals surface area contributed by atoms with Gasteiger partial charge in [0.05, 0.1) is 0 Å². The summed E-state index contributed by atoms with van der Waals surface area (Å²) in [6.07, 6.45) is 3.59. The molecule has 5 heterocycles. The fraction of sp³-hybridized carbons (Fsp3) is 0.350. The molecule has 5 N–H and O–H groups in total. The molecule has 5 rings (SSSR count). The molecule has 2 aliphatic rings. The van der Waals surface area contributed by atoms with E-state index in [-0.39, 0.29) is 35.5 Å². The summed E-state index contributed by atoms with van der Waals surface area (Å²) in [5, 5.41) is 26.8. The number of aliphatic carboxylic acids is 1. The third-order valence-corrected chi connectivity index (χ3v) is 8.48. The highest BCUT2D eigenvalue weighted by atomic mass is 32.2. The molecule has 0 spiro atoms. The second-order valence-electron chi connectivity index (χ2n) is 8.05. The van der Waals surface area contributed by atoms with Crippen LogP contribution in [0.3, 0.4) is 0 Å². The summed E-state index contributed by atoms with van der Waals surface area (Å²) in [6, 6.07) is -1.04. The number of rotatable bonds is 10. The minimum Gasteiger partial charge on any atom is -0.477 e. The van der Waals surface area contributed by atoms with Gasteiger partial charge in [-0.25, -0.2) is 13.8 Å². The van der Waals surface area contributed by atoms with E-state index in [1.54, 1.807) is 10.9 Å². The number of oxime groups is 1. The molecule has 2 amide bonds. The molecule has 0 aliphatic carbocycles. The highest BCUT2D eigenvalue weighted by Crippen LogP contribution is 2.40. The number of alkyl halides is 1. The number of anilines is 1. The van der Waals surface area contributed by atoms with Gasteiger partial charge in [-0.1, -0.05) is 16.5 Å². The van der Waals surface area contributed by atoms with Crippen molar-refractivity contribution < 1.29 is 38.4 Å². The molecule has 38 heavy (non-hydrogen) atoms. The van der Waals surface area contributed by atoms with E-state index in [4.69, 9.17) is 10.6 Å². The Morgan fingerprint density at radius 3 is 2.92 bits per heavy atom. The Balaban J connectivity index is 1.34. The SMILES string of the molecule is Nc1nc(/C(=N/OCCF)C(=O)N[C@@H]2C(=O)N3C(C(=O)O)=C(C[n+]4cc5scc(CO)n5c4)CS[C@H]23)ns1. The number of carboxylic acid groups (broad SMARTS) is 1. The van der Waals surface area contributed by atoms with E-state index in [2.05, 4.69) is 19.8 Å². The van der Waals surface area contributed by atoms with Gasteiger partial charge >= 0.3 is 5.97 Å². The van der Waals surface area contributed by atoms with Crippen LogP contribution in [0.25, 0.3) is 4.83 Å². The number of carbonyl (C=O) groups is 3. The van der Waals surface area contributed by atoms with Crippen molar-refractivity contribution in [3.63, 3.8) is 0 Å². The Morgan fingerprint density at radius 1 is 1.42 bits per heavy atom. The van der Waals surface area contributed by atoms with Crippen molar-refractivity contribution in [2.24, 2.45) is 5.16 Å². The van der Waals surface area contributed by atoms with Gasteiger partial charge in [0.1, 0.15) is 55.4 Å². The van der Waals surface area contributed by atoms with Gasteiger partial charge in [-0.15, -0.1) is 11.8 Å². The molecular weight excluding hydrogens is 563 g/mol. The predicted molar refractivity (Wildman–Crippen MR) is 134 cm³/mol. The maximum Gasteiger partial charge on any atom is 0.352 e. The van der Waals surface area contributed by atoms with Crippen molar-refractivity contribution in [3.8, 4) is 0 Å². The van der Waals surface area contributed by atoms with Crippen molar-refractivity contribution in [1.82, 2.24) is 24.0 Å². The number of amides is 2. The molecule has 2 atom stereocenters. The zero-order valence-corrected chi connectivity index (χ0v) is 21.8. The Morgan fingerprint density at radius 2 is 2.24 bits per heavy atom. The van der Waals surface area contributed by atoms with Crippen LogP contribution in [-0.4, -0.2) is 82.8 Å². The Hall–Kier alpha value is -3.61. The molecule has 18 heteroatoms. The molecule has 0 unspecified atom stereocenters. The number of aliphatic hydroxyl groups excluding tert-OH is 1. The predicted octanol–water partition coefficient (Wildman–Crippen LogP) is -0.657. The number of β-lactam (4-membered cyclic amide) rings is 1. The number of nitrogens with two attached hydrogens (primary N) is 1. The molecule has 200 valence electrons. The smallest absolute Gasteiger partial charge is 0.352 e. The maximum absolute atomic E-state index is 13.0. The summed E-state index contributed by atoms with van der Waals surface area (Å²) < 4.78 is 20.0. The first-order valence-corrected chi connectivity index (χ1v) is 13.7. The summed E-state index contributed by atoms with van der Waals surface area (Å²) in [4.78, 5) is 48.9. The standard InChI is InChI=1S/C20H19FN8O6S3/c21-1-2-35-25-12(15-24-20(22)38-26-15)16(31)23-13-17(32)29-14(19(33)34)9(6-37-18(13)29)3-27-4-11-28(8-27)10(5-30)7-36-11/h4,7-8,13,18,30H,1-3,5-6H2,(H3-,22,23,24,26,31,33,34)/p+1/b25-12-/t13-,18-/m1/s1. The van der Waals surface area contributed by atoms with Crippen molar-refractivity contribution in [3.05, 3.63) is 40.7 Å². The summed E-state index contributed by atoms with van der Waals surface area (Å²) in [5.74, 6) is -2.56. The lowest BCUT2D eigenvalue weighted by Crippen LogP contribution is -2.71. The summed E-state index contributed by atoms with van der Waals surface area (Å²) in [5.41, 5.74) is 6.29. The van der Waals surface area contributed by atoms with Gasteiger partial charge in [-0.05, 0) is 0 Å². The van der Waals surface area contributed by atoms with Gasteiger partial charge in [0.15, 0.2) is 5.13 Å². The number of halogens is 1. The number of fused-ring (bicyclic) bond motifs is 2. The van der Waals surface area contributed by atoms with Crippen LogP contribution in [0.15, 0.2) is 34.3 Å². The number of thiazole rings is 1. The molecule has 0 radical (unpaired) electrons. The Labute approximate surface area is 225 Å². The van der Waals surface area contributed by atoms with Crippen LogP contribution >= 0.6 is 34.6 Å². The van der Waals surface area contributed by atoms with Gasteiger partial charge in [0.2, 0.25) is 22.7 Å². The number of nitrogens with one attached hydrogen (secondary N) is 1. The topological polar surface area (TPSA) is 189 Å². The minimum absolute atomic E-state index is 0.0667. The van der Waals surface area contributed by atoms with Gasteiger partial charge < -0.3 is 26.1 Å². The number of hydrogen-bond acceptors (Lipinski definition) is 12. The second kappa shape index (κ2) is 10.6. The van der Waals surface area contributed by atoms with Gasteiger partial charge in [-0.3, -0.25) is 14.5 Å². The largest absolute Gasteiger partial charge is 0.477 e. The van der Waals surface area contributed by atoms with Crippen molar-refractivity contribution in [1.29, 1.82) is 0 Å². The number of carboxylic acids is 1. The average molecular weight is 584 g/mol. The highest BCUT2D eigenvalue weighted by molar-refractivity contribution is 8.00. The van der Waals surface area contributed by atoms with E-state index in [0.29, 0.717) is 17.0 Å². The van der Waals surface area contributed by atoms with Crippen LogP contribution in [-0.2, 0) is 32.4 Å². The highest BCUT2D eigenvalue weighted by Gasteiger charge is 2.54. The van der Waals surface area contributed by atoms with Crippen LogP contribution in [0.2, 0.25) is 0 Å². The third-order valence-electron chi connectivity index (χ3n) is 5.67. The Kier molecular flexibility index (Phi) is 7.28. The zero-order valence-electron chi connectivity index (χ0n) is 19.3. The van der Waals surface area contributed by atoms with Crippen LogP contribution in [0, 0.1) is 0 Å².